The molecule has 0 saturated carbocycles. The molecule has 0 amide bonds. The Morgan fingerprint density at radius 2 is 1.90 bits per heavy atom. The van der Waals surface area contributed by atoms with E-state index in [4.69, 9.17) is 4.74 Å². The van der Waals surface area contributed by atoms with E-state index in [0.29, 0.717) is 10.3 Å². The molecular formula is C14H16BrN3O2. The first-order valence-corrected chi connectivity index (χ1v) is 7.16. The molecule has 0 saturated heterocycles. The Bertz CT molecular complexity index is 596. The molecule has 1 atom stereocenters. The van der Waals surface area contributed by atoms with Crippen LogP contribution in [0.5, 0.6) is 0 Å². The van der Waals surface area contributed by atoms with Gasteiger partial charge in [0.05, 0.1) is 12.1 Å². The molecule has 0 radical (unpaired) electrons. The minimum Gasteiger partial charge on any atom is -0.458 e. The zero-order valence-corrected chi connectivity index (χ0v) is 13.2. The summed E-state index contributed by atoms with van der Waals surface area (Å²) in [5.41, 5.74) is 1.37. The van der Waals surface area contributed by atoms with Crippen molar-refractivity contribution in [1.82, 2.24) is 15.0 Å². The van der Waals surface area contributed by atoms with Crippen molar-refractivity contribution in [3.63, 3.8) is 0 Å². The van der Waals surface area contributed by atoms with Gasteiger partial charge in [0.1, 0.15) is 0 Å². The van der Waals surface area contributed by atoms with Gasteiger partial charge in [0.25, 0.3) is 0 Å². The van der Waals surface area contributed by atoms with Crippen LogP contribution in [-0.2, 0) is 4.74 Å². The van der Waals surface area contributed by atoms with E-state index in [2.05, 4.69) is 26.2 Å². The molecule has 2 rings (SSSR count). The van der Waals surface area contributed by atoms with Crippen molar-refractivity contribution in [1.29, 1.82) is 0 Å². The first kappa shape index (κ1) is 14.7. The number of hydrogen-bond donors (Lipinski definition) is 0. The highest BCUT2D eigenvalue weighted by molar-refractivity contribution is 9.10. The Hall–Kier alpha value is -1.69. The van der Waals surface area contributed by atoms with E-state index in [1.165, 1.54) is 0 Å². The zero-order chi connectivity index (χ0) is 14.7. The van der Waals surface area contributed by atoms with Gasteiger partial charge >= 0.3 is 5.97 Å². The molecule has 0 bridgehead atoms. The van der Waals surface area contributed by atoms with E-state index >= 15 is 0 Å². The lowest BCUT2D eigenvalue weighted by Gasteiger charge is -2.15. The summed E-state index contributed by atoms with van der Waals surface area (Å²) >= 11 is 3.25. The van der Waals surface area contributed by atoms with Gasteiger partial charge in [0, 0.05) is 0 Å². The summed E-state index contributed by atoms with van der Waals surface area (Å²) in [5.74, 6) is -0.431. The standard InChI is InChI=1S/C14H16BrN3O2/c1-9(2)20-14(19)12-13(15)16-17-18(12)10(3)11-7-5-4-6-8-11/h4-10H,1-3H3/t10-/m1/s1. The Kier molecular flexibility index (Phi) is 4.54. The van der Waals surface area contributed by atoms with Gasteiger partial charge in [-0.15, -0.1) is 5.10 Å². The van der Waals surface area contributed by atoms with Crippen LogP contribution in [0.4, 0.5) is 0 Å². The third-order valence-electron chi connectivity index (χ3n) is 2.84. The van der Waals surface area contributed by atoms with Gasteiger partial charge in [-0.2, -0.15) is 0 Å². The minimum atomic E-state index is -0.431. The lowest BCUT2D eigenvalue weighted by Crippen LogP contribution is -2.20. The van der Waals surface area contributed by atoms with Gasteiger partial charge in [-0.1, -0.05) is 35.5 Å². The topological polar surface area (TPSA) is 57.0 Å². The van der Waals surface area contributed by atoms with Gasteiger partial charge in [0.15, 0.2) is 10.3 Å². The van der Waals surface area contributed by atoms with Crippen LogP contribution in [0.1, 0.15) is 42.9 Å². The molecule has 0 aliphatic carbocycles. The predicted octanol–water partition coefficient (Wildman–Crippen LogP) is 3.22. The maximum absolute atomic E-state index is 12.1. The number of esters is 1. The molecular weight excluding hydrogens is 322 g/mol. The Morgan fingerprint density at radius 1 is 1.25 bits per heavy atom. The van der Waals surface area contributed by atoms with Gasteiger partial charge in [-0.3, -0.25) is 0 Å². The van der Waals surface area contributed by atoms with Crippen molar-refractivity contribution in [3.8, 4) is 0 Å². The molecule has 20 heavy (non-hydrogen) atoms. The van der Waals surface area contributed by atoms with Gasteiger partial charge in [0.2, 0.25) is 0 Å². The third kappa shape index (κ3) is 3.07. The summed E-state index contributed by atoms with van der Waals surface area (Å²) in [7, 11) is 0. The average Bonchev–Trinajstić information content (AvgIpc) is 2.80. The summed E-state index contributed by atoms with van der Waals surface area (Å²) in [4.78, 5) is 12.1. The molecule has 106 valence electrons. The van der Waals surface area contributed by atoms with Crippen LogP contribution >= 0.6 is 15.9 Å². The van der Waals surface area contributed by atoms with E-state index in [1.54, 1.807) is 18.5 Å². The number of benzene rings is 1. The van der Waals surface area contributed by atoms with E-state index in [0.717, 1.165) is 5.56 Å². The fourth-order valence-corrected chi connectivity index (χ4v) is 2.28. The molecule has 2 aromatic rings. The first-order valence-electron chi connectivity index (χ1n) is 6.37. The number of nitrogens with zero attached hydrogens (tertiary/aromatic N) is 3. The number of ether oxygens (including phenoxy) is 1. The van der Waals surface area contributed by atoms with Crippen molar-refractivity contribution in [2.75, 3.05) is 0 Å². The van der Waals surface area contributed by atoms with Crippen LogP contribution in [-0.4, -0.2) is 27.1 Å². The van der Waals surface area contributed by atoms with Crippen LogP contribution in [0.25, 0.3) is 0 Å². The fourth-order valence-electron chi connectivity index (χ4n) is 1.87. The first-order chi connectivity index (χ1) is 9.50. The zero-order valence-electron chi connectivity index (χ0n) is 11.6. The lowest BCUT2D eigenvalue weighted by atomic mass is 10.1. The van der Waals surface area contributed by atoms with E-state index in [9.17, 15) is 4.79 Å². The van der Waals surface area contributed by atoms with Crippen LogP contribution < -0.4 is 0 Å². The Morgan fingerprint density at radius 3 is 2.50 bits per heavy atom. The second kappa shape index (κ2) is 6.17. The second-order valence-corrected chi connectivity index (χ2v) is 5.47. The predicted molar refractivity (Wildman–Crippen MR) is 78.5 cm³/mol. The van der Waals surface area contributed by atoms with E-state index < -0.39 is 5.97 Å². The number of carbonyl (C=O) groups is 1. The second-order valence-electron chi connectivity index (χ2n) is 4.71. The average molecular weight is 338 g/mol. The highest BCUT2D eigenvalue weighted by Gasteiger charge is 2.24. The lowest BCUT2D eigenvalue weighted by molar-refractivity contribution is 0.0361. The van der Waals surface area contributed by atoms with Crippen LogP contribution in [0.15, 0.2) is 34.9 Å². The summed E-state index contributed by atoms with van der Waals surface area (Å²) in [6.45, 7) is 5.57. The minimum absolute atomic E-state index is 0.107. The fraction of sp³-hybridized carbons (Fsp3) is 0.357. The molecule has 1 aromatic heterocycles. The molecule has 5 nitrogen and oxygen atoms in total. The molecule has 0 aliphatic heterocycles. The van der Waals surface area contributed by atoms with E-state index in [-0.39, 0.29) is 12.1 Å². The molecule has 0 N–H and O–H groups in total. The summed E-state index contributed by atoms with van der Waals surface area (Å²) < 4.78 is 7.20. The van der Waals surface area contributed by atoms with Crippen LogP contribution in [0.2, 0.25) is 0 Å². The number of carbonyl (C=O) groups excluding carboxylic acids is 1. The van der Waals surface area contributed by atoms with Crippen molar-refractivity contribution < 1.29 is 9.53 Å². The maximum atomic E-state index is 12.1. The van der Waals surface area contributed by atoms with Crippen molar-refractivity contribution >= 4 is 21.9 Å². The largest absolute Gasteiger partial charge is 0.458 e. The van der Waals surface area contributed by atoms with Gasteiger partial charge in [-0.05, 0) is 42.3 Å². The highest BCUT2D eigenvalue weighted by Crippen LogP contribution is 2.23. The Balaban J connectivity index is 2.36. The molecule has 0 aliphatic rings. The molecule has 0 spiro atoms. The molecule has 1 aromatic carbocycles. The van der Waals surface area contributed by atoms with Gasteiger partial charge < -0.3 is 4.74 Å². The normalized spacial score (nSPS) is 12.4. The summed E-state index contributed by atoms with van der Waals surface area (Å²) in [5, 5.41) is 7.96. The van der Waals surface area contributed by atoms with Crippen LogP contribution in [0.3, 0.4) is 0 Å². The Labute approximate surface area is 126 Å². The monoisotopic (exact) mass is 337 g/mol. The van der Waals surface area contributed by atoms with Crippen LogP contribution in [0, 0.1) is 0 Å². The molecule has 1 heterocycles. The third-order valence-corrected chi connectivity index (χ3v) is 3.37. The van der Waals surface area contributed by atoms with Gasteiger partial charge in [-0.25, -0.2) is 9.48 Å². The summed E-state index contributed by atoms with van der Waals surface area (Å²) in [6, 6.07) is 9.70. The van der Waals surface area contributed by atoms with E-state index in [1.807, 2.05) is 37.3 Å². The van der Waals surface area contributed by atoms with Crippen molar-refractivity contribution in [2.24, 2.45) is 0 Å². The maximum Gasteiger partial charge on any atom is 0.359 e. The highest BCUT2D eigenvalue weighted by atomic mass is 79.9. The number of halogens is 1. The number of rotatable bonds is 4. The SMILES string of the molecule is CC(C)OC(=O)c1c(Br)nnn1[C@H](C)c1ccccc1. The molecule has 0 unspecified atom stereocenters. The smallest absolute Gasteiger partial charge is 0.359 e. The summed E-state index contributed by atoms with van der Waals surface area (Å²) in [6.07, 6.45) is -0.190. The number of aromatic nitrogens is 3. The molecule has 6 heteroatoms. The quantitative estimate of drug-likeness (QED) is 0.804. The van der Waals surface area contributed by atoms with Crippen molar-refractivity contribution in [2.45, 2.75) is 32.9 Å². The molecule has 0 fully saturated rings. The van der Waals surface area contributed by atoms with Crippen molar-refractivity contribution in [3.05, 3.63) is 46.2 Å². The number of hydrogen-bond acceptors (Lipinski definition) is 4.